The molecule has 0 bridgehead atoms. The molecule has 5 heteroatoms. The van der Waals surface area contributed by atoms with Crippen LogP contribution in [0.5, 0.6) is 0 Å². The fourth-order valence-electron chi connectivity index (χ4n) is 3.66. The predicted molar refractivity (Wildman–Crippen MR) is 90.5 cm³/mol. The Morgan fingerprint density at radius 3 is 2.87 bits per heavy atom. The Kier molecular flexibility index (Phi) is 2.89. The van der Waals surface area contributed by atoms with E-state index in [2.05, 4.69) is 11.8 Å². The topological polar surface area (TPSA) is 46.1 Å². The number of hydrogen-bond donors (Lipinski definition) is 0. The second-order valence-corrected chi connectivity index (χ2v) is 8.03. The van der Waals surface area contributed by atoms with Crippen molar-refractivity contribution in [2.75, 3.05) is 11.4 Å². The van der Waals surface area contributed by atoms with Gasteiger partial charge in [0.2, 0.25) is 0 Å². The zero-order valence-electron chi connectivity index (χ0n) is 13.3. The molecule has 1 saturated carbocycles. The molecule has 23 heavy (non-hydrogen) atoms. The second kappa shape index (κ2) is 4.87. The number of anilines is 1. The minimum Gasteiger partial charge on any atom is -0.351 e. The summed E-state index contributed by atoms with van der Waals surface area (Å²) >= 11 is 1.90. The molecule has 0 spiro atoms. The van der Waals surface area contributed by atoms with Gasteiger partial charge in [0.25, 0.3) is 0 Å². The lowest BCUT2D eigenvalue weighted by molar-refractivity contribution is 0.0994. The molecule has 3 heterocycles. The lowest BCUT2D eigenvalue weighted by Crippen LogP contribution is -2.31. The molecule has 0 saturated heterocycles. The fraction of sp³-hybridized carbons (Fsp3) is 0.500. The van der Waals surface area contributed by atoms with Crippen LogP contribution in [0.15, 0.2) is 6.07 Å². The number of aryl methyl sites for hydroxylation is 2. The van der Waals surface area contributed by atoms with E-state index in [1.54, 1.807) is 0 Å². The van der Waals surface area contributed by atoms with Crippen LogP contribution in [0.4, 0.5) is 5.82 Å². The maximum Gasteiger partial charge on any atom is 0.165 e. The molecule has 3 aliphatic rings. The molecule has 0 radical (unpaired) electrons. The molecule has 118 valence electrons. The number of Topliss-reactive ketones (excluding diaryl/α,β-unsaturated/α-hetero) is 1. The highest BCUT2D eigenvalue weighted by atomic mass is 32.1. The molecular weight excluding hydrogens is 306 g/mol. The van der Waals surface area contributed by atoms with Crippen LogP contribution in [0.25, 0.3) is 0 Å². The Balaban J connectivity index is 1.47. The summed E-state index contributed by atoms with van der Waals surface area (Å²) in [6.07, 6.45) is 5.06. The summed E-state index contributed by atoms with van der Waals surface area (Å²) in [6.45, 7) is 3.97. The highest BCUT2D eigenvalue weighted by molar-refractivity contribution is 7.11. The Labute approximate surface area is 139 Å². The summed E-state index contributed by atoms with van der Waals surface area (Å²) < 4.78 is 0. The minimum atomic E-state index is 0.250. The van der Waals surface area contributed by atoms with Gasteiger partial charge in [0.1, 0.15) is 5.82 Å². The third kappa shape index (κ3) is 2.21. The molecule has 0 amide bonds. The molecule has 0 N–H and O–H groups in total. The van der Waals surface area contributed by atoms with Gasteiger partial charge in [-0.2, -0.15) is 0 Å². The first-order valence-corrected chi connectivity index (χ1v) is 9.28. The molecule has 0 atom stereocenters. The maximum atomic E-state index is 11.9. The van der Waals surface area contributed by atoms with Gasteiger partial charge in [0.05, 0.1) is 22.9 Å². The van der Waals surface area contributed by atoms with Gasteiger partial charge in [-0.25, -0.2) is 9.97 Å². The van der Waals surface area contributed by atoms with Crippen molar-refractivity contribution in [2.24, 2.45) is 0 Å². The minimum absolute atomic E-state index is 0.250. The zero-order chi connectivity index (χ0) is 15.6. The average Bonchev–Trinajstić information content (AvgIpc) is 3.22. The second-order valence-electron chi connectivity index (χ2n) is 6.91. The van der Waals surface area contributed by atoms with Crippen molar-refractivity contribution in [2.45, 2.75) is 51.5 Å². The molecule has 2 aromatic rings. The lowest BCUT2D eigenvalue weighted by atomic mass is 10.1. The van der Waals surface area contributed by atoms with E-state index in [0.717, 1.165) is 54.5 Å². The molecule has 2 aromatic heterocycles. The number of ketones is 1. The van der Waals surface area contributed by atoms with Gasteiger partial charge in [-0.1, -0.05) is 0 Å². The number of rotatable bonds is 2. The standard InChI is InChI=1S/C18H19N3OS/c1-10-8-12-13(4-5-15(12)22)19-17(10)21-7-6-14-16(9-21)23-18(20-14)11-2-3-11/h8,11H,2-7,9H2,1H3. The summed E-state index contributed by atoms with van der Waals surface area (Å²) in [5.41, 5.74) is 4.26. The van der Waals surface area contributed by atoms with Crippen LogP contribution < -0.4 is 4.90 Å². The van der Waals surface area contributed by atoms with E-state index in [1.165, 1.54) is 28.4 Å². The number of hydrogen-bond acceptors (Lipinski definition) is 5. The third-order valence-corrected chi connectivity index (χ3v) is 6.37. The number of nitrogens with zero attached hydrogens (tertiary/aromatic N) is 3. The van der Waals surface area contributed by atoms with Gasteiger partial charge < -0.3 is 4.90 Å². The van der Waals surface area contributed by atoms with E-state index < -0.39 is 0 Å². The van der Waals surface area contributed by atoms with E-state index in [9.17, 15) is 4.79 Å². The molecule has 1 aliphatic heterocycles. The molecule has 2 aliphatic carbocycles. The van der Waals surface area contributed by atoms with E-state index in [0.29, 0.717) is 6.42 Å². The van der Waals surface area contributed by atoms with Crippen LogP contribution in [0.2, 0.25) is 0 Å². The van der Waals surface area contributed by atoms with Crippen LogP contribution in [0, 0.1) is 6.92 Å². The molecule has 4 nitrogen and oxygen atoms in total. The first-order valence-electron chi connectivity index (χ1n) is 8.46. The Morgan fingerprint density at radius 2 is 2.04 bits per heavy atom. The van der Waals surface area contributed by atoms with E-state index in [4.69, 9.17) is 9.97 Å². The van der Waals surface area contributed by atoms with Gasteiger partial charge in [0.15, 0.2) is 5.78 Å². The van der Waals surface area contributed by atoms with Crippen molar-refractivity contribution >= 4 is 22.9 Å². The number of carbonyl (C=O) groups excluding carboxylic acids is 1. The number of aromatic nitrogens is 2. The number of thiazole rings is 1. The van der Waals surface area contributed by atoms with Gasteiger partial charge in [-0.15, -0.1) is 11.3 Å². The summed E-state index contributed by atoms with van der Waals surface area (Å²) in [6, 6.07) is 2.05. The normalized spacial score (nSPS) is 19.9. The van der Waals surface area contributed by atoms with Crippen molar-refractivity contribution < 1.29 is 4.79 Å². The highest BCUT2D eigenvalue weighted by Gasteiger charge is 2.31. The largest absolute Gasteiger partial charge is 0.351 e. The predicted octanol–water partition coefficient (Wildman–Crippen LogP) is 3.42. The molecule has 0 unspecified atom stereocenters. The SMILES string of the molecule is Cc1cc2c(nc1N1CCc3nc(C4CC4)sc3C1)CCC2=O. The van der Waals surface area contributed by atoms with Crippen LogP contribution in [0.1, 0.15) is 62.4 Å². The monoisotopic (exact) mass is 325 g/mol. The van der Waals surface area contributed by atoms with Crippen LogP contribution in [-0.2, 0) is 19.4 Å². The Morgan fingerprint density at radius 1 is 1.17 bits per heavy atom. The molecule has 5 rings (SSSR count). The first kappa shape index (κ1) is 13.7. The van der Waals surface area contributed by atoms with Crippen LogP contribution in [-0.4, -0.2) is 22.3 Å². The van der Waals surface area contributed by atoms with Crippen molar-refractivity contribution in [3.05, 3.63) is 38.5 Å². The molecular formula is C18H19N3OS. The van der Waals surface area contributed by atoms with Crippen molar-refractivity contribution in [3.8, 4) is 0 Å². The quantitative estimate of drug-likeness (QED) is 0.849. The Hall–Kier alpha value is -1.75. The number of pyridine rings is 1. The summed E-state index contributed by atoms with van der Waals surface area (Å²) in [5, 5.41) is 1.35. The Bertz CT molecular complexity index is 822. The van der Waals surface area contributed by atoms with Gasteiger partial charge in [-0.3, -0.25) is 4.79 Å². The maximum absolute atomic E-state index is 11.9. The molecule has 0 aromatic carbocycles. The number of fused-ring (bicyclic) bond motifs is 2. The van der Waals surface area contributed by atoms with Gasteiger partial charge >= 0.3 is 0 Å². The first-order chi connectivity index (χ1) is 11.2. The summed E-state index contributed by atoms with van der Waals surface area (Å²) in [7, 11) is 0. The smallest absolute Gasteiger partial charge is 0.165 e. The summed E-state index contributed by atoms with van der Waals surface area (Å²) in [4.78, 5) is 25.4. The average molecular weight is 325 g/mol. The molecule has 1 fully saturated rings. The van der Waals surface area contributed by atoms with Gasteiger partial charge in [-0.05, 0) is 37.8 Å². The fourth-order valence-corrected chi connectivity index (χ4v) is 4.96. The van der Waals surface area contributed by atoms with E-state index in [-0.39, 0.29) is 5.78 Å². The van der Waals surface area contributed by atoms with Crippen molar-refractivity contribution in [1.82, 2.24) is 9.97 Å². The van der Waals surface area contributed by atoms with Crippen molar-refractivity contribution in [3.63, 3.8) is 0 Å². The van der Waals surface area contributed by atoms with Crippen LogP contribution in [0.3, 0.4) is 0 Å². The summed E-state index contributed by atoms with van der Waals surface area (Å²) in [5.74, 6) is 2.05. The lowest BCUT2D eigenvalue weighted by Gasteiger charge is -2.28. The van der Waals surface area contributed by atoms with Crippen molar-refractivity contribution in [1.29, 1.82) is 0 Å². The zero-order valence-corrected chi connectivity index (χ0v) is 14.1. The highest BCUT2D eigenvalue weighted by Crippen LogP contribution is 2.43. The van der Waals surface area contributed by atoms with Crippen LogP contribution >= 0.6 is 11.3 Å². The number of carbonyl (C=O) groups is 1. The van der Waals surface area contributed by atoms with E-state index in [1.807, 2.05) is 17.4 Å². The van der Waals surface area contributed by atoms with E-state index >= 15 is 0 Å². The van der Waals surface area contributed by atoms with Gasteiger partial charge in [0, 0.05) is 35.7 Å². The third-order valence-electron chi connectivity index (χ3n) is 5.13.